The van der Waals surface area contributed by atoms with E-state index >= 15 is 0 Å². The first-order chi connectivity index (χ1) is 14.2. The smallest absolute Gasteiger partial charge is 0.410 e. The molecule has 0 aliphatic carbocycles. The van der Waals surface area contributed by atoms with Gasteiger partial charge in [0.1, 0.15) is 11.6 Å². The molecule has 1 aromatic rings. The van der Waals surface area contributed by atoms with Gasteiger partial charge in [-0.25, -0.2) is 9.19 Å². The average molecular weight is 430 g/mol. The van der Waals surface area contributed by atoms with E-state index < -0.39 is 17.7 Å². The predicted octanol–water partition coefficient (Wildman–Crippen LogP) is 4.91. The second kappa shape index (κ2) is 9.69. The second-order valence-electron chi connectivity index (χ2n) is 8.81. The maximum Gasteiger partial charge on any atom is 0.410 e. The topological polar surface area (TPSA) is 71.0 Å². The summed E-state index contributed by atoms with van der Waals surface area (Å²) in [6.07, 6.45) is 4.81. The lowest BCUT2D eigenvalue weighted by Crippen LogP contribution is -2.52. The molecule has 30 heavy (non-hydrogen) atoms. The normalized spacial score (nSPS) is 22.5. The molecule has 1 saturated heterocycles. The van der Waals surface area contributed by atoms with Crippen molar-refractivity contribution in [3.63, 3.8) is 0 Å². The van der Waals surface area contributed by atoms with Crippen LogP contribution in [0.15, 0.2) is 45.8 Å². The predicted molar refractivity (Wildman–Crippen MR) is 121 cm³/mol. The summed E-state index contributed by atoms with van der Waals surface area (Å²) in [5.74, 6) is 0.0765. The molecule has 2 unspecified atom stereocenters. The van der Waals surface area contributed by atoms with E-state index in [1.807, 2.05) is 45.0 Å². The largest absolute Gasteiger partial charge is 0.444 e. The van der Waals surface area contributed by atoms with Gasteiger partial charge in [-0.15, -0.1) is 0 Å². The molecule has 1 fully saturated rings. The lowest BCUT2D eigenvalue weighted by atomic mass is 9.95. The molecule has 0 saturated carbocycles. The Morgan fingerprint density at radius 3 is 2.63 bits per heavy atom. The van der Waals surface area contributed by atoms with Crippen LogP contribution < -0.4 is 5.32 Å². The van der Waals surface area contributed by atoms with Gasteiger partial charge < -0.3 is 10.1 Å². The molecular formula is C23H31N3O3S. The molecule has 0 spiro atoms. The summed E-state index contributed by atoms with van der Waals surface area (Å²) in [7, 11) is 0. The number of amides is 2. The van der Waals surface area contributed by atoms with Crippen LogP contribution in [0.3, 0.4) is 0 Å². The minimum atomic E-state index is -0.589. The lowest BCUT2D eigenvalue weighted by Gasteiger charge is -2.35. The number of hydrogen-bond donors (Lipinski definition) is 1. The summed E-state index contributed by atoms with van der Waals surface area (Å²) in [6, 6.07) is 9.59. The third-order valence-corrected chi connectivity index (χ3v) is 5.87. The zero-order valence-electron chi connectivity index (χ0n) is 18.2. The van der Waals surface area contributed by atoms with Gasteiger partial charge in [-0.3, -0.25) is 9.69 Å². The van der Waals surface area contributed by atoms with Crippen molar-refractivity contribution in [3.05, 3.63) is 47.0 Å². The van der Waals surface area contributed by atoms with Crippen molar-refractivity contribution in [2.24, 2.45) is 10.3 Å². The molecule has 0 aromatic heterocycles. The van der Waals surface area contributed by atoms with Crippen molar-refractivity contribution in [1.82, 2.24) is 10.2 Å². The standard InChI is InChI=1S/C23H31N3O3S/c1-16-13-14-19(30-25-20(16)17-10-6-5-7-11-17)24-21(27)18-12-8-9-15-26(18)22(28)29-23(2,3)4/h5-7,10-11,14,16,18H,8-9,12-13,15H2,1-4H3,(H,24,27). The van der Waals surface area contributed by atoms with Gasteiger partial charge in [0.15, 0.2) is 0 Å². The van der Waals surface area contributed by atoms with Gasteiger partial charge >= 0.3 is 6.09 Å². The van der Waals surface area contributed by atoms with Gasteiger partial charge in [0, 0.05) is 24.4 Å². The SMILES string of the molecule is CC1CC=C(NC(=O)C2CCCCN2C(=O)OC(C)(C)C)SN=C1c1ccccc1. The summed E-state index contributed by atoms with van der Waals surface area (Å²) >= 11 is 1.29. The highest BCUT2D eigenvalue weighted by molar-refractivity contribution is 8.02. The van der Waals surface area contributed by atoms with Gasteiger partial charge in [-0.1, -0.05) is 43.3 Å². The Hall–Kier alpha value is -2.28. The Labute approximate surface area is 183 Å². The summed E-state index contributed by atoms with van der Waals surface area (Å²) in [4.78, 5) is 27.2. The molecule has 6 nitrogen and oxygen atoms in total. The maximum absolute atomic E-state index is 13.0. The number of carbonyl (C=O) groups excluding carboxylic acids is 2. The number of carbonyl (C=O) groups is 2. The number of benzene rings is 1. The van der Waals surface area contributed by atoms with Crippen LogP contribution >= 0.6 is 11.9 Å². The van der Waals surface area contributed by atoms with Gasteiger partial charge in [-0.05, 0) is 52.0 Å². The maximum atomic E-state index is 13.0. The van der Waals surface area contributed by atoms with Crippen LogP contribution in [0, 0.1) is 5.92 Å². The van der Waals surface area contributed by atoms with Crippen molar-refractivity contribution < 1.29 is 14.3 Å². The van der Waals surface area contributed by atoms with Crippen LogP contribution in [0.1, 0.15) is 58.9 Å². The van der Waals surface area contributed by atoms with E-state index in [1.54, 1.807) is 4.90 Å². The first kappa shape index (κ1) is 22.4. The zero-order valence-corrected chi connectivity index (χ0v) is 19.0. The molecule has 2 atom stereocenters. The van der Waals surface area contributed by atoms with Crippen molar-refractivity contribution in [2.45, 2.75) is 65.0 Å². The van der Waals surface area contributed by atoms with Crippen LogP contribution in [0.5, 0.6) is 0 Å². The number of piperidine rings is 1. The van der Waals surface area contributed by atoms with Crippen LogP contribution in [-0.2, 0) is 9.53 Å². The first-order valence-electron chi connectivity index (χ1n) is 10.6. The minimum absolute atomic E-state index is 0.176. The third-order valence-electron chi connectivity index (χ3n) is 5.12. The third kappa shape index (κ3) is 5.88. The summed E-state index contributed by atoms with van der Waals surface area (Å²) < 4.78 is 10.2. The molecule has 2 aliphatic rings. The van der Waals surface area contributed by atoms with Crippen molar-refractivity contribution in [1.29, 1.82) is 0 Å². The summed E-state index contributed by atoms with van der Waals surface area (Å²) in [6.45, 7) is 8.17. The molecule has 3 rings (SSSR count). The number of likely N-dealkylation sites (tertiary alicyclic amines) is 1. The monoisotopic (exact) mass is 429 g/mol. The van der Waals surface area contributed by atoms with Crippen LogP contribution in [0.2, 0.25) is 0 Å². The Morgan fingerprint density at radius 2 is 1.93 bits per heavy atom. The van der Waals surface area contributed by atoms with Crippen LogP contribution in [0.4, 0.5) is 4.79 Å². The summed E-state index contributed by atoms with van der Waals surface area (Å²) in [5, 5.41) is 3.71. The van der Waals surface area contributed by atoms with E-state index in [-0.39, 0.29) is 11.8 Å². The minimum Gasteiger partial charge on any atom is -0.444 e. The number of allylic oxidation sites excluding steroid dienone is 1. The number of rotatable bonds is 3. The molecule has 1 N–H and O–H groups in total. The summed E-state index contributed by atoms with van der Waals surface area (Å²) in [5.41, 5.74) is 1.53. The van der Waals surface area contributed by atoms with Gasteiger partial charge in [0.2, 0.25) is 5.91 Å². The van der Waals surface area contributed by atoms with E-state index in [1.165, 1.54) is 11.9 Å². The van der Waals surface area contributed by atoms with Crippen molar-refractivity contribution in [2.75, 3.05) is 6.54 Å². The van der Waals surface area contributed by atoms with Crippen LogP contribution in [0.25, 0.3) is 0 Å². The number of hydrogen-bond acceptors (Lipinski definition) is 5. The Kier molecular flexibility index (Phi) is 7.23. The molecule has 2 amide bonds. The highest BCUT2D eigenvalue weighted by Gasteiger charge is 2.35. The van der Waals surface area contributed by atoms with Gasteiger partial charge in [-0.2, -0.15) is 0 Å². The van der Waals surface area contributed by atoms with Gasteiger partial charge in [0.05, 0.1) is 10.7 Å². The van der Waals surface area contributed by atoms with E-state index in [0.717, 1.165) is 30.5 Å². The van der Waals surface area contributed by atoms with E-state index in [9.17, 15) is 9.59 Å². The Bertz CT molecular complexity index is 830. The highest BCUT2D eigenvalue weighted by Crippen LogP contribution is 2.27. The van der Waals surface area contributed by atoms with Gasteiger partial charge in [0.25, 0.3) is 0 Å². The lowest BCUT2D eigenvalue weighted by molar-refractivity contribution is -0.126. The average Bonchev–Trinajstić information content (AvgIpc) is 2.89. The molecule has 2 heterocycles. The number of ether oxygens (including phenoxy) is 1. The fourth-order valence-electron chi connectivity index (χ4n) is 3.59. The molecule has 1 aromatic carbocycles. The molecule has 7 heteroatoms. The number of nitrogens with zero attached hydrogens (tertiary/aromatic N) is 2. The molecule has 0 radical (unpaired) electrons. The van der Waals surface area contributed by atoms with E-state index in [2.05, 4.69) is 24.4 Å². The molecule has 0 bridgehead atoms. The Morgan fingerprint density at radius 1 is 1.20 bits per heavy atom. The van der Waals surface area contributed by atoms with E-state index in [0.29, 0.717) is 18.0 Å². The van der Waals surface area contributed by atoms with Crippen molar-refractivity contribution >= 4 is 29.7 Å². The molecule has 162 valence electrons. The second-order valence-corrected chi connectivity index (χ2v) is 9.62. The molecule has 2 aliphatic heterocycles. The van der Waals surface area contributed by atoms with Crippen molar-refractivity contribution in [3.8, 4) is 0 Å². The van der Waals surface area contributed by atoms with E-state index in [4.69, 9.17) is 9.13 Å². The fourth-order valence-corrected chi connectivity index (χ4v) is 4.39. The molecular weight excluding hydrogens is 398 g/mol. The zero-order chi connectivity index (χ0) is 21.7. The van der Waals surface area contributed by atoms with Crippen LogP contribution in [-0.4, -0.2) is 40.8 Å². The fraction of sp³-hybridized carbons (Fsp3) is 0.522. The first-order valence-corrected chi connectivity index (χ1v) is 11.3. The quantitative estimate of drug-likeness (QED) is 0.693. The Balaban J connectivity index is 1.68. The number of nitrogens with one attached hydrogen (secondary N) is 1. The highest BCUT2D eigenvalue weighted by atomic mass is 32.2.